The van der Waals surface area contributed by atoms with Crippen LogP contribution in [0.2, 0.25) is 0 Å². The molecular weight excluding hydrogens is 382 g/mol. The molecule has 0 aliphatic heterocycles. The Morgan fingerprint density at radius 1 is 0.850 bits per heavy atom. The van der Waals surface area contributed by atoms with Gasteiger partial charge in [-0.15, -0.1) is 0 Å². The average Bonchev–Trinajstić information content (AvgIpc) is 3.01. The first-order valence-corrected chi connectivity index (χ1v) is 15.3. The van der Waals surface area contributed by atoms with Crippen LogP contribution in [-0.4, -0.2) is 26.9 Å². The Balaban J connectivity index is 1.61. The number of carbonyl (C=O) groups is 2. The van der Waals surface area contributed by atoms with Crippen LogP contribution in [0.15, 0.2) is 0 Å². The first-order valence-electron chi connectivity index (χ1n) is 7.66. The van der Waals surface area contributed by atoms with Crippen molar-refractivity contribution in [1.82, 2.24) is 0 Å². The molecule has 0 aromatic rings. The van der Waals surface area contributed by atoms with Crippen LogP contribution in [0, 0.1) is 11.8 Å². The Morgan fingerprint density at radius 2 is 1.20 bits per heavy atom. The Kier molecular flexibility index (Phi) is 6.97. The summed E-state index contributed by atoms with van der Waals surface area (Å²) in [6.07, 6.45) is 10.3. The summed E-state index contributed by atoms with van der Waals surface area (Å²) < 4.78 is 10.5. The van der Waals surface area contributed by atoms with E-state index in [4.69, 9.17) is 7.06 Å². The Labute approximate surface area is 133 Å². The fourth-order valence-electron chi connectivity index (χ4n) is 3.23. The van der Waals surface area contributed by atoms with Crippen molar-refractivity contribution in [2.45, 2.75) is 64.2 Å². The molecule has 2 aliphatic carbocycles. The van der Waals surface area contributed by atoms with Crippen molar-refractivity contribution in [1.29, 1.82) is 0 Å². The molecule has 112 valence electrons. The predicted octanol–water partition coefficient (Wildman–Crippen LogP) is 3.61. The molecule has 4 nitrogen and oxygen atoms in total. The molecule has 0 saturated heterocycles. The minimum absolute atomic E-state index is 0.201. The van der Waals surface area contributed by atoms with Gasteiger partial charge >= 0.3 is 133 Å². The van der Waals surface area contributed by atoms with Gasteiger partial charge in [0.05, 0.1) is 0 Å². The van der Waals surface area contributed by atoms with Gasteiger partial charge < -0.3 is 0 Å². The van der Waals surface area contributed by atoms with Gasteiger partial charge in [0.1, 0.15) is 0 Å². The van der Waals surface area contributed by atoms with Gasteiger partial charge in [-0.25, -0.2) is 0 Å². The molecule has 2 fully saturated rings. The minimum atomic E-state index is -2.81. The number of rotatable bonds is 6. The molecular formula is C14H22BrGaO4. The number of hydrogen-bond donors (Lipinski definition) is 0. The number of hydrogen-bond acceptors (Lipinski definition) is 4. The summed E-state index contributed by atoms with van der Waals surface area (Å²) in [5.41, 5.74) is 0. The fraction of sp³-hybridized carbons (Fsp3) is 0.857. The molecule has 0 heterocycles. The van der Waals surface area contributed by atoms with E-state index in [-0.39, 0.29) is 11.9 Å². The molecule has 2 saturated carbocycles. The molecule has 2 aliphatic rings. The third-order valence-electron chi connectivity index (χ3n) is 4.31. The molecule has 0 spiro atoms. The Morgan fingerprint density at radius 3 is 1.55 bits per heavy atom. The second-order valence-electron chi connectivity index (χ2n) is 5.96. The van der Waals surface area contributed by atoms with Gasteiger partial charge in [0, 0.05) is 0 Å². The molecule has 0 bridgehead atoms. The van der Waals surface area contributed by atoms with E-state index in [0.717, 1.165) is 25.7 Å². The van der Waals surface area contributed by atoms with Crippen molar-refractivity contribution < 1.29 is 16.6 Å². The van der Waals surface area contributed by atoms with Crippen LogP contribution < -0.4 is 0 Å². The summed E-state index contributed by atoms with van der Waals surface area (Å²) in [7, 11) is 0. The second kappa shape index (κ2) is 8.49. The van der Waals surface area contributed by atoms with E-state index in [2.05, 4.69) is 13.6 Å². The van der Waals surface area contributed by atoms with E-state index in [9.17, 15) is 9.59 Å². The quantitative estimate of drug-likeness (QED) is 0.635. The zero-order valence-electron chi connectivity index (χ0n) is 11.8. The van der Waals surface area contributed by atoms with Crippen LogP contribution in [-0.2, 0) is 16.6 Å². The molecule has 0 aromatic carbocycles. The van der Waals surface area contributed by atoms with Gasteiger partial charge in [0.2, 0.25) is 0 Å². The van der Waals surface area contributed by atoms with Crippen LogP contribution in [0.4, 0.5) is 0 Å². The summed E-state index contributed by atoms with van der Waals surface area (Å²) in [4.78, 5) is 23.5. The third kappa shape index (κ3) is 5.81. The number of halogens is 1. The first kappa shape index (κ1) is 16.4. The maximum absolute atomic E-state index is 11.7. The van der Waals surface area contributed by atoms with Crippen LogP contribution in [0.1, 0.15) is 64.2 Å². The zero-order chi connectivity index (χ0) is 14.4. The van der Waals surface area contributed by atoms with Crippen molar-refractivity contribution in [2.75, 3.05) is 0 Å². The molecule has 0 radical (unpaired) electrons. The first-order chi connectivity index (χ1) is 9.63. The van der Waals surface area contributed by atoms with Crippen molar-refractivity contribution in [3.8, 4) is 0 Å². The van der Waals surface area contributed by atoms with Gasteiger partial charge in [-0.3, -0.25) is 0 Å². The Hall–Kier alpha value is 0.0564. The van der Waals surface area contributed by atoms with Crippen LogP contribution in [0.3, 0.4) is 0 Å². The molecule has 6 heteroatoms. The zero-order valence-corrected chi connectivity index (χ0v) is 15.8. The summed E-state index contributed by atoms with van der Waals surface area (Å²) in [5, 5.41) is 0. The molecule has 2 rings (SSSR count). The average molecular weight is 404 g/mol. The van der Waals surface area contributed by atoms with E-state index in [1.165, 1.54) is 25.7 Å². The van der Waals surface area contributed by atoms with Crippen LogP contribution in [0.25, 0.3) is 0 Å². The predicted molar refractivity (Wildman–Crippen MR) is 80.0 cm³/mol. The topological polar surface area (TPSA) is 52.6 Å². The summed E-state index contributed by atoms with van der Waals surface area (Å²) >= 11 is 0.469. The van der Waals surface area contributed by atoms with E-state index in [0.29, 0.717) is 24.7 Å². The van der Waals surface area contributed by atoms with Gasteiger partial charge in [-0.2, -0.15) is 0 Å². The normalized spacial score (nSPS) is 20.1. The van der Waals surface area contributed by atoms with Crippen molar-refractivity contribution in [3.05, 3.63) is 0 Å². The molecule has 20 heavy (non-hydrogen) atoms. The SMILES string of the molecule is O=C(CC1CCCC1)[O][Ga]([Br])[O]C(=O)CC1CCCC1. The standard InChI is InChI=1S/2C7H12O2.BrH.Ga/c2*8-7(9)5-6-3-1-2-4-6;;/h2*6H,1-5H2,(H,8,9);1H;/q;;;+3/p-3. The third-order valence-corrected chi connectivity index (χ3v) is 8.13. The summed E-state index contributed by atoms with van der Waals surface area (Å²) in [6, 6.07) is 0. The molecule has 0 unspecified atom stereocenters. The van der Waals surface area contributed by atoms with Crippen molar-refractivity contribution in [3.63, 3.8) is 0 Å². The van der Waals surface area contributed by atoms with E-state index >= 15 is 0 Å². The van der Waals surface area contributed by atoms with E-state index in [1.54, 1.807) is 0 Å². The van der Waals surface area contributed by atoms with Gasteiger partial charge in [-0.1, -0.05) is 0 Å². The molecule has 0 atom stereocenters. The van der Waals surface area contributed by atoms with E-state index in [1.807, 2.05) is 0 Å². The van der Waals surface area contributed by atoms with Crippen molar-refractivity contribution >= 4 is 40.5 Å². The Bertz CT molecular complexity index is 306. The van der Waals surface area contributed by atoms with Crippen LogP contribution >= 0.6 is 13.6 Å². The second-order valence-corrected chi connectivity index (χ2v) is 12.0. The maximum atomic E-state index is 11.7. The van der Waals surface area contributed by atoms with Gasteiger partial charge in [0.25, 0.3) is 0 Å². The fourth-order valence-corrected chi connectivity index (χ4v) is 6.77. The summed E-state index contributed by atoms with van der Waals surface area (Å²) in [6.45, 7) is 0. The van der Waals surface area contributed by atoms with E-state index < -0.39 is 15.0 Å². The monoisotopic (exact) mass is 402 g/mol. The van der Waals surface area contributed by atoms with Gasteiger partial charge in [-0.05, 0) is 0 Å². The molecule has 0 N–H and O–H groups in total. The van der Waals surface area contributed by atoms with Crippen molar-refractivity contribution in [2.24, 2.45) is 11.8 Å². The van der Waals surface area contributed by atoms with Gasteiger partial charge in [0.15, 0.2) is 0 Å². The van der Waals surface area contributed by atoms with Crippen LogP contribution in [0.5, 0.6) is 0 Å². The molecule has 0 amide bonds. The number of carbonyl (C=O) groups excluding carboxylic acids is 2. The summed E-state index contributed by atoms with van der Waals surface area (Å²) in [5.74, 6) is 0.539. The molecule has 0 aromatic heterocycles.